The van der Waals surface area contributed by atoms with Gasteiger partial charge >= 0.3 is 6.09 Å². The van der Waals surface area contributed by atoms with Crippen molar-refractivity contribution in [3.63, 3.8) is 0 Å². The lowest BCUT2D eigenvalue weighted by Crippen LogP contribution is -2.14. The Kier molecular flexibility index (Phi) is 4.05. The molecule has 1 rings (SSSR count). The number of benzene rings is 1. The van der Waals surface area contributed by atoms with E-state index >= 15 is 0 Å². The maximum atomic E-state index is 11.2. The molecule has 0 spiro atoms. The van der Waals surface area contributed by atoms with Gasteiger partial charge in [-0.15, -0.1) is 6.42 Å². The molecule has 0 aliphatic heterocycles. The van der Waals surface area contributed by atoms with E-state index in [1.54, 1.807) is 24.3 Å². The molecule has 78 valence electrons. The van der Waals surface area contributed by atoms with E-state index in [4.69, 9.17) is 11.2 Å². The van der Waals surface area contributed by atoms with E-state index in [9.17, 15) is 4.79 Å². The molecule has 0 saturated carbocycles. The van der Waals surface area contributed by atoms with Crippen LogP contribution in [0, 0.1) is 12.3 Å². The Balaban J connectivity index is 2.64. The number of rotatable bonds is 3. The number of terminal acetylenes is 1. The van der Waals surface area contributed by atoms with Crippen LogP contribution in [-0.2, 0) is 4.74 Å². The van der Waals surface area contributed by atoms with Gasteiger partial charge in [0.25, 0.3) is 0 Å². The first-order chi connectivity index (χ1) is 7.27. The van der Waals surface area contributed by atoms with Crippen LogP contribution in [0.5, 0.6) is 5.75 Å². The summed E-state index contributed by atoms with van der Waals surface area (Å²) in [6.45, 7) is -0.0546. The molecule has 4 heteroatoms. The van der Waals surface area contributed by atoms with Gasteiger partial charge in [0.1, 0.15) is 5.75 Å². The molecule has 0 heterocycles. The quantitative estimate of drug-likeness (QED) is 0.766. The number of carbonyl (C=O) groups is 1. The van der Waals surface area contributed by atoms with E-state index in [-0.39, 0.29) is 6.61 Å². The molecule has 1 aromatic rings. The van der Waals surface area contributed by atoms with Gasteiger partial charge < -0.3 is 9.47 Å². The number of ether oxygens (including phenoxy) is 2. The Morgan fingerprint density at radius 1 is 1.53 bits per heavy atom. The highest BCUT2D eigenvalue weighted by Crippen LogP contribution is 2.22. The minimum atomic E-state index is -0.600. The number of para-hydroxylation sites is 2. The fraction of sp³-hybridized carbons (Fsp3) is 0.182. The van der Waals surface area contributed by atoms with Crippen LogP contribution in [0.15, 0.2) is 24.3 Å². The summed E-state index contributed by atoms with van der Waals surface area (Å²) in [6.07, 6.45) is 4.35. The highest BCUT2D eigenvalue weighted by molar-refractivity contribution is 5.86. The number of hydrogen-bond acceptors (Lipinski definition) is 3. The van der Waals surface area contributed by atoms with Crippen molar-refractivity contribution >= 4 is 11.8 Å². The molecule has 0 aliphatic carbocycles. The predicted octanol–water partition coefficient (Wildman–Crippen LogP) is 1.88. The molecule has 4 nitrogen and oxygen atoms in total. The van der Waals surface area contributed by atoms with Gasteiger partial charge in [0, 0.05) is 0 Å². The number of amides is 1. The van der Waals surface area contributed by atoms with Crippen LogP contribution in [0.25, 0.3) is 0 Å². The zero-order valence-corrected chi connectivity index (χ0v) is 8.32. The zero-order valence-electron chi connectivity index (χ0n) is 8.32. The van der Waals surface area contributed by atoms with Crippen molar-refractivity contribution in [2.45, 2.75) is 0 Å². The van der Waals surface area contributed by atoms with Crippen LogP contribution in [0.4, 0.5) is 10.5 Å². The molecule has 1 N–H and O–H groups in total. The molecule has 0 aromatic heterocycles. The fourth-order valence-corrected chi connectivity index (χ4v) is 1.00. The minimum absolute atomic E-state index is 0.0546. The lowest BCUT2D eigenvalue weighted by Gasteiger charge is -2.08. The molecular weight excluding hydrogens is 194 g/mol. The van der Waals surface area contributed by atoms with Crippen molar-refractivity contribution in [1.29, 1.82) is 0 Å². The zero-order chi connectivity index (χ0) is 11.1. The van der Waals surface area contributed by atoms with Crippen LogP contribution in [0.1, 0.15) is 0 Å². The third kappa shape index (κ3) is 3.24. The maximum absolute atomic E-state index is 11.2. The number of hydrogen-bond donors (Lipinski definition) is 1. The molecular formula is C11H11NO3. The summed E-state index contributed by atoms with van der Waals surface area (Å²) < 4.78 is 9.69. The number of carbonyl (C=O) groups excluding carboxylic acids is 1. The Morgan fingerprint density at radius 2 is 2.27 bits per heavy atom. The Morgan fingerprint density at radius 3 is 2.93 bits per heavy atom. The minimum Gasteiger partial charge on any atom is -0.495 e. The average molecular weight is 205 g/mol. The molecule has 0 saturated heterocycles. The summed E-state index contributed by atoms with van der Waals surface area (Å²) in [5.41, 5.74) is 0.544. The lowest BCUT2D eigenvalue weighted by atomic mass is 10.3. The van der Waals surface area contributed by atoms with Gasteiger partial charge in [0.2, 0.25) is 0 Å². The first-order valence-corrected chi connectivity index (χ1v) is 4.28. The van der Waals surface area contributed by atoms with Gasteiger partial charge in [-0.05, 0) is 12.1 Å². The standard InChI is InChI=1S/C11H11NO3/c1-3-8-15-11(13)12-9-6-4-5-7-10(9)14-2/h1,4-7H,8H2,2H3,(H,12,13). The summed E-state index contributed by atoms with van der Waals surface area (Å²) in [5.74, 6) is 2.76. The Hall–Kier alpha value is -2.15. The summed E-state index contributed by atoms with van der Waals surface area (Å²) in [4.78, 5) is 11.2. The second-order valence-corrected chi connectivity index (χ2v) is 2.61. The molecule has 0 fully saturated rings. The van der Waals surface area contributed by atoms with Gasteiger partial charge in [0.05, 0.1) is 12.8 Å². The van der Waals surface area contributed by atoms with E-state index in [1.165, 1.54) is 7.11 Å². The van der Waals surface area contributed by atoms with Gasteiger partial charge in [0.15, 0.2) is 6.61 Å². The van der Waals surface area contributed by atoms with E-state index in [1.807, 2.05) is 0 Å². The van der Waals surface area contributed by atoms with Crippen molar-refractivity contribution in [1.82, 2.24) is 0 Å². The molecule has 1 amide bonds. The molecule has 0 atom stereocenters. The first-order valence-electron chi connectivity index (χ1n) is 4.28. The van der Waals surface area contributed by atoms with Crippen molar-refractivity contribution in [2.75, 3.05) is 19.0 Å². The van der Waals surface area contributed by atoms with Crippen molar-refractivity contribution < 1.29 is 14.3 Å². The molecule has 0 radical (unpaired) electrons. The second-order valence-electron chi connectivity index (χ2n) is 2.61. The van der Waals surface area contributed by atoms with Gasteiger partial charge in [-0.25, -0.2) is 4.79 Å². The lowest BCUT2D eigenvalue weighted by molar-refractivity contribution is 0.176. The molecule has 0 bridgehead atoms. The van der Waals surface area contributed by atoms with Crippen LogP contribution < -0.4 is 10.1 Å². The highest BCUT2D eigenvalue weighted by atomic mass is 16.5. The second kappa shape index (κ2) is 5.55. The predicted molar refractivity (Wildman–Crippen MR) is 56.8 cm³/mol. The maximum Gasteiger partial charge on any atom is 0.412 e. The number of nitrogens with one attached hydrogen (secondary N) is 1. The average Bonchev–Trinajstić information content (AvgIpc) is 2.27. The Bertz CT molecular complexity index is 382. The fourth-order valence-electron chi connectivity index (χ4n) is 1.00. The summed E-state index contributed by atoms with van der Waals surface area (Å²) in [7, 11) is 1.52. The number of anilines is 1. The summed E-state index contributed by atoms with van der Waals surface area (Å²) in [6, 6.07) is 7.02. The van der Waals surface area contributed by atoms with E-state index in [0.29, 0.717) is 11.4 Å². The SMILES string of the molecule is C#CCOC(=O)Nc1ccccc1OC. The van der Waals surface area contributed by atoms with Crippen LogP contribution in [-0.4, -0.2) is 19.8 Å². The van der Waals surface area contributed by atoms with Crippen molar-refractivity contribution in [3.8, 4) is 18.1 Å². The third-order valence-corrected chi connectivity index (χ3v) is 1.63. The third-order valence-electron chi connectivity index (χ3n) is 1.63. The topological polar surface area (TPSA) is 47.6 Å². The van der Waals surface area contributed by atoms with Crippen molar-refractivity contribution in [3.05, 3.63) is 24.3 Å². The summed E-state index contributed by atoms with van der Waals surface area (Å²) >= 11 is 0. The normalized spacial score (nSPS) is 8.80. The van der Waals surface area contributed by atoms with Gasteiger partial charge in [-0.3, -0.25) is 5.32 Å². The van der Waals surface area contributed by atoms with E-state index in [0.717, 1.165) is 0 Å². The number of methoxy groups -OCH3 is 1. The van der Waals surface area contributed by atoms with Crippen molar-refractivity contribution in [2.24, 2.45) is 0 Å². The highest BCUT2D eigenvalue weighted by Gasteiger charge is 2.06. The largest absolute Gasteiger partial charge is 0.495 e. The van der Waals surface area contributed by atoms with E-state index < -0.39 is 6.09 Å². The van der Waals surface area contributed by atoms with Crippen LogP contribution in [0.3, 0.4) is 0 Å². The van der Waals surface area contributed by atoms with Crippen LogP contribution >= 0.6 is 0 Å². The van der Waals surface area contributed by atoms with Gasteiger partial charge in [-0.1, -0.05) is 18.1 Å². The molecule has 1 aromatic carbocycles. The smallest absolute Gasteiger partial charge is 0.412 e. The van der Waals surface area contributed by atoms with E-state index in [2.05, 4.69) is 16.0 Å². The van der Waals surface area contributed by atoms with Gasteiger partial charge in [-0.2, -0.15) is 0 Å². The Labute approximate surface area is 88.2 Å². The molecule has 15 heavy (non-hydrogen) atoms. The molecule has 0 aliphatic rings. The summed E-state index contributed by atoms with van der Waals surface area (Å²) in [5, 5.41) is 2.51. The monoisotopic (exact) mass is 205 g/mol. The molecule has 0 unspecified atom stereocenters. The van der Waals surface area contributed by atoms with Crippen LogP contribution in [0.2, 0.25) is 0 Å². The first kappa shape index (κ1) is 10.9.